The molecule has 0 aliphatic carbocycles. The first-order chi connectivity index (χ1) is 12.5. The third-order valence-corrected chi connectivity index (χ3v) is 4.55. The van der Waals surface area contributed by atoms with E-state index in [4.69, 9.17) is 4.99 Å². The Hall–Kier alpha value is -1.09. The van der Waals surface area contributed by atoms with Crippen LogP contribution in [-0.4, -0.2) is 62.2 Å². The molecule has 0 aromatic carbocycles. The van der Waals surface area contributed by atoms with Gasteiger partial charge in [0.1, 0.15) is 5.82 Å². The monoisotopic (exact) mass is 488 g/mol. The minimum absolute atomic E-state index is 0. The fraction of sp³-hybridized carbons (Fsp3) is 0.700. The van der Waals surface area contributed by atoms with E-state index >= 15 is 0 Å². The van der Waals surface area contributed by atoms with Crippen LogP contribution in [0.4, 0.5) is 5.82 Å². The van der Waals surface area contributed by atoms with E-state index in [0.717, 1.165) is 29.9 Å². The summed E-state index contributed by atoms with van der Waals surface area (Å²) in [5.41, 5.74) is 0.986. The minimum Gasteiger partial charge on any atom is -0.363 e. The standard InChI is InChI=1S/C20H36N6.HI/c1-6-21-20(22-14-18-8-7-9-19(23-18)25(4)5)24-17-10-12-26(13-11-17)15-16(2)3;/h7-9,16-17H,6,10-15H2,1-5H3,(H2,21,22,24);1H. The van der Waals surface area contributed by atoms with E-state index in [-0.39, 0.29) is 24.0 Å². The molecule has 1 aliphatic heterocycles. The second kappa shape index (κ2) is 12.4. The van der Waals surface area contributed by atoms with Gasteiger partial charge in [0.05, 0.1) is 12.2 Å². The molecule has 0 unspecified atom stereocenters. The van der Waals surface area contributed by atoms with Gasteiger partial charge in [-0.15, -0.1) is 24.0 Å². The van der Waals surface area contributed by atoms with Crippen LogP contribution in [-0.2, 0) is 6.54 Å². The molecule has 0 saturated carbocycles. The molecular weight excluding hydrogens is 451 g/mol. The quantitative estimate of drug-likeness (QED) is 0.351. The number of hydrogen-bond acceptors (Lipinski definition) is 4. The normalized spacial score (nSPS) is 16.1. The highest BCUT2D eigenvalue weighted by molar-refractivity contribution is 14.0. The van der Waals surface area contributed by atoms with Gasteiger partial charge in [-0.05, 0) is 37.8 Å². The predicted octanol–water partition coefficient (Wildman–Crippen LogP) is 2.94. The molecule has 0 bridgehead atoms. The lowest BCUT2D eigenvalue weighted by Crippen LogP contribution is -2.49. The molecule has 0 amide bonds. The molecule has 1 aromatic heterocycles. The van der Waals surface area contributed by atoms with Gasteiger partial charge in [-0.1, -0.05) is 19.9 Å². The van der Waals surface area contributed by atoms with E-state index in [2.05, 4.69) is 41.3 Å². The molecular formula is C20H37IN6. The Balaban J connectivity index is 0.00000364. The Kier molecular flexibility index (Phi) is 11.0. The number of aromatic nitrogens is 1. The fourth-order valence-corrected chi connectivity index (χ4v) is 3.25. The number of hydrogen-bond donors (Lipinski definition) is 2. The summed E-state index contributed by atoms with van der Waals surface area (Å²) in [7, 11) is 4.01. The number of anilines is 1. The van der Waals surface area contributed by atoms with Crippen LogP contribution in [0.5, 0.6) is 0 Å². The number of aliphatic imine (C=N–C) groups is 1. The van der Waals surface area contributed by atoms with E-state index in [1.54, 1.807) is 0 Å². The summed E-state index contributed by atoms with van der Waals surface area (Å²) < 4.78 is 0. The second-order valence-corrected chi connectivity index (χ2v) is 7.69. The van der Waals surface area contributed by atoms with Gasteiger partial charge in [0.15, 0.2) is 5.96 Å². The van der Waals surface area contributed by atoms with Crippen LogP contribution in [0.2, 0.25) is 0 Å². The highest BCUT2D eigenvalue weighted by atomic mass is 127. The Morgan fingerprint density at radius 1 is 1.30 bits per heavy atom. The Bertz CT molecular complexity index is 567. The fourth-order valence-electron chi connectivity index (χ4n) is 3.25. The van der Waals surface area contributed by atoms with Gasteiger partial charge >= 0.3 is 0 Å². The summed E-state index contributed by atoms with van der Waals surface area (Å²) in [6, 6.07) is 6.58. The zero-order valence-electron chi connectivity index (χ0n) is 17.5. The number of piperidine rings is 1. The summed E-state index contributed by atoms with van der Waals surface area (Å²) in [5.74, 6) is 2.60. The third-order valence-electron chi connectivity index (χ3n) is 4.55. The summed E-state index contributed by atoms with van der Waals surface area (Å²) >= 11 is 0. The van der Waals surface area contributed by atoms with E-state index in [0.29, 0.717) is 12.6 Å². The zero-order chi connectivity index (χ0) is 18.9. The lowest BCUT2D eigenvalue weighted by molar-refractivity contribution is 0.187. The maximum Gasteiger partial charge on any atom is 0.191 e. The predicted molar refractivity (Wildman–Crippen MR) is 126 cm³/mol. The van der Waals surface area contributed by atoms with Crippen molar-refractivity contribution in [2.75, 3.05) is 45.2 Å². The first kappa shape index (κ1) is 23.9. The number of pyridine rings is 1. The summed E-state index contributed by atoms with van der Waals surface area (Å²) in [4.78, 5) is 14.0. The topological polar surface area (TPSA) is 55.8 Å². The molecule has 2 heterocycles. The molecule has 0 atom stereocenters. The molecule has 2 rings (SSSR count). The largest absolute Gasteiger partial charge is 0.363 e. The van der Waals surface area contributed by atoms with Gasteiger partial charge in [0.2, 0.25) is 0 Å². The summed E-state index contributed by atoms with van der Waals surface area (Å²) in [6.45, 7) is 11.7. The van der Waals surface area contributed by atoms with E-state index in [1.165, 1.54) is 32.5 Å². The Morgan fingerprint density at radius 3 is 2.59 bits per heavy atom. The average molecular weight is 488 g/mol. The van der Waals surface area contributed by atoms with E-state index in [1.807, 2.05) is 37.2 Å². The van der Waals surface area contributed by atoms with Gasteiger partial charge in [-0.3, -0.25) is 0 Å². The van der Waals surface area contributed by atoms with Crippen molar-refractivity contribution < 1.29 is 0 Å². The molecule has 1 fully saturated rings. The molecule has 2 N–H and O–H groups in total. The number of halogens is 1. The highest BCUT2D eigenvalue weighted by Crippen LogP contribution is 2.12. The molecule has 1 saturated heterocycles. The van der Waals surface area contributed by atoms with Crippen molar-refractivity contribution >= 4 is 35.8 Å². The maximum absolute atomic E-state index is 4.75. The van der Waals surface area contributed by atoms with Crippen molar-refractivity contribution in [2.24, 2.45) is 10.9 Å². The van der Waals surface area contributed by atoms with E-state index < -0.39 is 0 Å². The van der Waals surface area contributed by atoms with Crippen LogP contribution >= 0.6 is 24.0 Å². The van der Waals surface area contributed by atoms with E-state index in [9.17, 15) is 0 Å². The van der Waals surface area contributed by atoms with Gasteiger partial charge in [0.25, 0.3) is 0 Å². The highest BCUT2D eigenvalue weighted by Gasteiger charge is 2.20. The smallest absolute Gasteiger partial charge is 0.191 e. The zero-order valence-corrected chi connectivity index (χ0v) is 19.9. The number of nitrogens with one attached hydrogen (secondary N) is 2. The van der Waals surface area contributed by atoms with Crippen LogP contribution in [0.25, 0.3) is 0 Å². The van der Waals surface area contributed by atoms with Gasteiger partial charge in [-0.2, -0.15) is 0 Å². The molecule has 6 nitrogen and oxygen atoms in total. The molecule has 7 heteroatoms. The lowest BCUT2D eigenvalue weighted by atomic mass is 10.0. The lowest BCUT2D eigenvalue weighted by Gasteiger charge is -2.34. The van der Waals surface area contributed by atoms with Gasteiger partial charge in [-0.25, -0.2) is 9.98 Å². The van der Waals surface area contributed by atoms with Crippen molar-refractivity contribution in [3.63, 3.8) is 0 Å². The summed E-state index contributed by atoms with van der Waals surface area (Å²) in [5, 5.41) is 6.98. The average Bonchev–Trinajstić information content (AvgIpc) is 2.61. The van der Waals surface area contributed by atoms with Crippen LogP contribution < -0.4 is 15.5 Å². The van der Waals surface area contributed by atoms with Gasteiger partial charge < -0.3 is 20.4 Å². The first-order valence-corrected chi connectivity index (χ1v) is 9.88. The van der Waals surface area contributed by atoms with Crippen molar-refractivity contribution in [3.05, 3.63) is 23.9 Å². The van der Waals surface area contributed by atoms with Crippen LogP contribution in [0.3, 0.4) is 0 Å². The van der Waals surface area contributed by atoms with Crippen LogP contribution in [0, 0.1) is 5.92 Å². The van der Waals surface area contributed by atoms with Crippen molar-refractivity contribution in [1.29, 1.82) is 0 Å². The second-order valence-electron chi connectivity index (χ2n) is 7.69. The molecule has 0 spiro atoms. The first-order valence-electron chi connectivity index (χ1n) is 9.88. The van der Waals surface area contributed by atoms with Gasteiger partial charge in [0, 0.05) is 46.3 Å². The molecule has 1 aliphatic rings. The van der Waals surface area contributed by atoms with Crippen molar-refractivity contribution in [3.8, 4) is 0 Å². The van der Waals surface area contributed by atoms with Crippen LogP contribution in [0.1, 0.15) is 39.3 Å². The SMILES string of the molecule is CCNC(=NCc1cccc(N(C)C)n1)NC1CCN(CC(C)C)CC1.I. The molecule has 154 valence electrons. The number of likely N-dealkylation sites (tertiary alicyclic amines) is 1. The molecule has 27 heavy (non-hydrogen) atoms. The molecule has 0 radical (unpaired) electrons. The Morgan fingerprint density at radius 2 is 2.00 bits per heavy atom. The minimum atomic E-state index is 0. The number of guanidine groups is 1. The van der Waals surface area contributed by atoms with Crippen molar-refractivity contribution in [2.45, 2.75) is 46.2 Å². The number of rotatable bonds is 7. The molecule has 1 aromatic rings. The van der Waals surface area contributed by atoms with Crippen molar-refractivity contribution in [1.82, 2.24) is 20.5 Å². The third kappa shape index (κ3) is 8.64. The maximum atomic E-state index is 4.75. The number of nitrogens with zero attached hydrogens (tertiary/aromatic N) is 4. The Labute approximate surface area is 182 Å². The van der Waals surface area contributed by atoms with Crippen LogP contribution in [0.15, 0.2) is 23.2 Å². The summed E-state index contributed by atoms with van der Waals surface area (Å²) in [6.07, 6.45) is 2.34.